The van der Waals surface area contributed by atoms with E-state index in [1.165, 1.54) is 12.8 Å². The van der Waals surface area contributed by atoms with Crippen LogP contribution in [0.1, 0.15) is 43.0 Å². The monoisotopic (exact) mass is 283 g/mol. The van der Waals surface area contributed by atoms with Gasteiger partial charge < -0.3 is 10.4 Å². The van der Waals surface area contributed by atoms with Gasteiger partial charge in [-0.05, 0) is 41.7 Å². The Balaban J connectivity index is 1.81. The van der Waals surface area contributed by atoms with Crippen LogP contribution in [0.2, 0.25) is 0 Å². The summed E-state index contributed by atoms with van der Waals surface area (Å²) in [5.74, 6) is 0.652. The lowest BCUT2D eigenvalue weighted by Crippen LogP contribution is -2.34. The molecule has 1 saturated carbocycles. The van der Waals surface area contributed by atoms with Gasteiger partial charge in [-0.3, -0.25) is 4.79 Å². The molecule has 1 aliphatic carbocycles. The number of fused-ring (bicyclic) bond motifs is 1. The highest BCUT2D eigenvalue weighted by atomic mass is 16.3. The van der Waals surface area contributed by atoms with Crippen molar-refractivity contribution in [3.63, 3.8) is 0 Å². The standard InChI is InChI=1S/C18H21NO2/c1-2-15(9-12-7-8-12)19-18(21)16-10-13-5-3-4-6-14(13)11-17(16)20/h3-6,10-12,15,20H,2,7-9H2,1H3,(H,19,21). The summed E-state index contributed by atoms with van der Waals surface area (Å²) in [5, 5.41) is 15.1. The number of phenols is 1. The van der Waals surface area contributed by atoms with Gasteiger partial charge in [0.05, 0.1) is 5.56 Å². The molecule has 1 atom stereocenters. The third-order valence-corrected chi connectivity index (χ3v) is 4.25. The van der Waals surface area contributed by atoms with Crippen LogP contribution in [0.3, 0.4) is 0 Å². The molecular weight excluding hydrogens is 262 g/mol. The third kappa shape index (κ3) is 3.18. The Bertz CT molecular complexity index is 661. The van der Waals surface area contributed by atoms with Crippen molar-refractivity contribution >= 4 is 16.7 Å². The molecule has 1 amide bonds. The van der Waals surface area contributed by atoms with Crippen LogP contribution in [0, 0.1) is 5.92 Å². The van der Waals surface area contributed by atoms with Crippen LogP contribution in [0.25, 0.3) is 10.8 Å². The highest BCUT2D eigenvalue weighted by Crippen LogP contribution is 2.34. The molecule has 0 heterocycles. The number of benzene rings is 2. The predicted octanol–water partition coefficient (Wildman–Crippen LogP) is 3.85. The maximum atomic E-state index is 12.4. The van der Waals surface area contributed by atoms with Crippen molar-refractivity contribution in [3.05, 3.63) is 42.0 Å². The summed E-state index contributed by atoms with van der Waals surface area (Å²) in [4.78, 5) is 12.4. The van der Waals surface area contributed by atoms with Gasteiger partial charge >= 0.3 is 0 Å². The summed E-state index contributed by atoms with van der Waals surface area (Å²) in [6.07, 6.45) is 4.55. The maximum Gasteiger partial charge on any atom is 0.255 e. The number of rotatable bonds is 5. The zero-order valence-corrected chi connectivity index (χ0v) is 12.3. The molecule has 0 saturated heterocycles. The Morgan fingerprint density at radius 1 is 1.29 bits per heavy atom. The van der Waals surface area contributed by atoms with Crippen molar-refractivity contribution in [2.45, 2.75) is 38.6 Å². The summed E-state index contributed by atoms with van der Waals surface area (Å²) in [6.45, 7) is 2.09. The molecule has 3 nitrogen and oxygen atoms in total. The second kappa shape index (κ2) is 5.76. The summed E-state index contributed by atoms with van der Waals surface area (Å²) < 4.78 is 0. The lowest BCUT2D eigenvalue weighted by Gasteiger charge is -2.17. The quantitative estimate of drug-likeness (QED) is 0.875. The van der Waals surface area contributed by atoms with Gasteiger partial charge in [-0.25, -0.2) is 0 Å². The Morgan fingerprint density at radius 3 is 2.57 bits per heavy atom. The Hall–Kier alpha value is -2.03. The minimum absolute atomic E-state index is 0.0486. The highest BCUT2D eigenvalue weighted by molar-refractivity contribution is 6.01. The van der Waals surface area contributed by atoms with E-state index in [1.54, 1.807) is 12.1 Å². The SMILES string of the molecule is CCC(CC1CC1)NC(=O)c1cc2ccccc2cc1O. The van der Waals surface area contributed by atoms with E-state index < -0.39 is 0 Å². The number of hydrogen-bond donors (Lipinski definition) is 2. The van der Waals surface area contributed by atoms with Crippen molar-refractivity contribution in [2.24, 2.45) is 5.92 Å². The van der Waals surface area contributed by atoms with E-state index in [1.807, 2.05) is 24.3 Å². The molecular formula is C18H21NO2. The fourth-order valence-corrected chi connectivity index (χ4v) is 2.76. The van der Waals surface area contributed by atoms with Crippen molar-refractivity contribution in [2.75, 3.05) is 0 Å². The molecule has 0 spiro atoms. The van der Waals surface area contributed by atoms with Crippen molar-refractivity contribution in [1.29, 1.82) is 0 Å². The number of carbonyl (C=O) groups is 1. The molecule has 0 aliphatic heterocycles. The number of hydrogen-bond acceptors (Lipinski definition) is 2. The van der Waals surface area contributed by atoms with Crippen molar-refractivity contribution < 1.29 is 9.90 Å². The Labute approximate surface area is 125 Å². The van der Waals surface area contributed by atoms with E-state index in [-0.39, 0.29) is 17.7 Å². The lowest BCUT2D eigenvalue weighted by atomic mass is 10.0. The van der Waals surface area contributed by atoms with Crippen molar-refractivity contribution in [3.8, 4) is 5.75 Å². The molecule has 110 valence electrons. The van der Waals surface area contributed by atoms with Crippen LogP contribution < -0.4 is 5.32 Å². The minimum Gasteiger partial charge on any atom is -0.507 e. The van der Waals surface area contributed by atoms with E-state index in [0.29, 0.717) is 5.56 Å². The zero-order valence-electron chi connectivity index (χ0n) is 12.3. The van der Waals surface area contributed by atoms with Crippen molar-refractivity contribution in [1.82, 2.24) is 5.32 Å². The van der Waals surface area contributed by atoms with Crippen LogP contribution in [0.4, 0.5) is 0 Å². The van der Waals surface area contributed by atoms with Gasteiger partial charge in [0.1, 0.15) is 5.75 Å². The van der Waals surface area contributed by atoms with E-state index >= 15 is 0 Å². The van der Waals surface area contributed by atoms with Crippen LogP contribution in [0.15, 0.2) is 36.4 Å². The van der Waals surface area contributed by atoms with E-state index in [0.717, 1.165) is 29.5 Å². The topological polar surface area (TPSA) is 49.3 Å². The molecule has 3 heteroatoms. The average Bonchev–Trinajstić information content (AvgIpc) is 3.29. The number of carbonyl (C=O) groups excluding carboxylic acids is 1. The minimum atomic E-state index is -0.175. The van der Waals surface area contributed by atoms with E-state index in [2.05, 4.69) is 12.2 Å². The molecule has 2 aromatic rings. The second-order valence-corrected chi connectivity index (χ2v) is 5.97. The van der Waals surface area contributed by atoms with E-state index in [4.69, 9.17) is 0 Å². The van der Waals surface area contributed by atoms with Gasteiger partial charge in [-0.1, -0.05) is 44.0 Å². The molecule has 1 fully saturated rings. The maximum absolute atomic E-state index is 12.4. The van der Waals surface area contributed by atoms with Crippen LogP contribution in [0.5, 0.6) is 5.75 Å². The number of amides is 1. The molecule has 0 radical (unpaired) electrons. The third-order valence-electron chi connectivity index (χ3n) is 4.25. The second-order valence-electron chi connectivity index (χ2n) is 5.97. The number of nitrogens with one attached hydrogen (secondary N) is 1. The molecule has 2 N–H and O–H groups in total. The zero-order chi connectivity index (χ0) is 14.8. The average molecular weight is 283 g/mol. The fraction of sp³-hybridized carbons (Fsp3) is 0.389. The first-order valence-corrected chi connectivity index (χ1v) is 7.70. The number of aromatic hydroxyl groups is 1. The summed E-state index contributed by atoms with van der Waals surface area (Å²) in [5.41, 5.74) is 0.364. The van der Waals surface area contributed by atoms with Crippen LogP contribution >= 0.6 is 0 Å². The smallest absolute Gasteiger partial charge is 0.255 e. The largest absolute Gasteiger partial charge is 0.507 e. The van der Waals surface area contributed by atoms with Gasteiger partial charge in [-0.15, -0.1) is 0 Å². The van der Waals surface area contributed by atoms with Crippen LogP contribution in [-0.4, -0.2) is 17.1 Å². The van der Waals surface area contributed by atoms with Gasteiger partial charge in [-0.2, -0.15) is 0 Å². The van der Waals surface area contributed by atoms with Gasteiger partial charge in [0.2, 0.25) is 0 Å². The Morgan fingerprint density at radius 2 is 1.95 bits per heavy atom. The fourth-order valence-electron chi connectivity index (χ4n) is 2.76. The number of phenolic OH excluding ortho intramolecular Hbond substituents is 1. The molecule has 2 aromatic carbocycles. The molecule has 1 unspecified atom stereocenters. The Kier molecular flexibility index (Phi) is 3.82. The first kappa shape index (κ1) is 13.9. The van der Waals surface area contributed by atoms with E-state index in [9.17, 15) is 9.90 Å². The molecule has 0 aromatic heterocycles. The summed E-state index contributed by atoms with van der Waals surface area (Å²) in [7, 11) is 0. The van der Waals surface area contributed by atoms with Gasteiger partial charge in [0, 0.05) is 6.04 Å². The first-order chi connectivity index (χ1) is 10.2. The predicted molar refractivity (Wildman–Crippen MR) is 84.5 cm³/mol. The molecule has 0 bridgehead atoms. The van der Waals surface area contributed by atoms with Crippen LogP contribution in [-0.2, 0) is 0 Å². The molecule has 3 rings (SSSR count). The van der Waals surface area contributed by atoms with Gasteiger partial charge in [0.25, 0.3) is 5.91 Å². The first-order valence-electron chi connectivity index (χ1n) is 7.70. The summed E-state index contributed by atoms with van der Waals surface area (Å²) >= 11 is 0. The van der Waals surface area contributed by atoms with Gasteiger partial charge in [0.15, 0.2) is 0 Å². The molecule has 21 heavy (non-hydrogen) atoms. The lowest BCUT2D eigenvalue weighted by molar-refractivity contribution is 0.0930. The highest BCUT2D eigenvalue weighted by Gasteiger charge is 2.26. The normalized spacial score (nSPS) is 15.9. The summed E-state index contributed by atoms with van der Waals surface area (Å²) in [6, 6.07) is 11.4. The molecule has 1 aliphatic rings.